The second kappa shape index (κ2) is 9.96. The third-order valence-corrected chi connectivity index (χ3v) is 8.89. The molecule has 1 heterocycles. The molecule has 1 N–H and O–H groups in total. The van der Waals surface area contributed by atoms with E-state index in [0.717, 1.165) is 14.2 Å². The molecule has 2 aromatic carbocycles. The average molecular weight is 491 g/mol. The zero-order chi connectivity index (χ0) is 24.2. The van der Waals surface area contributed by atoms with Crippen molar-refractivity contribution in [2.45, 2.75) is 45.1 Å². The Kier molecular flexibility index (Phi) is 7.48. The molecular formula is C23H30N2O6SSi. The first-order chi connectivity index (χ1) is 15.5. The molecule has 0 aliphatic carbocycles. The molecule has 0 bridgehead atoms. The van der Waals surface area contributed by atoms with Crippen LogP contribution in [0.4, 0.5) is 5.69 Å². The number of hydrogen-bond donors (Lipinski definition) is 1. The van der Waals surface area contributed by atoms with Gasteiger partial charge in [-0.1, -0.05) is 56.0 Å². The summed E-state index contributed by atoms with van der Waals surface area (Å²) in [7, 11) is -5.59. The number of nitrogens with zero attached hydrogens (tertiary/aromatic N) is 2. The van der Waals surface area contributed by atoms with Gasteiger partial charge in [0.25, 0.3) is 5.91 Å². The highest BCUT2D eigenvalue weighted by molar-refractivity contribution is 7.91. The van der Waals surface area contributed by atoms with Crippen molar-refractivity contribution in [2.24, 2.45) is 0 Å². The van der Waals surface area contributed by atoms with Crippen LogP contribution in [0.1, 0.15) is 17.5 Å². The first-order valence-corrected chi connectivity index (χ1v) is 15.9. The fourth-order valence-corrected chi connectivity index (χ4v) is 6.04. The third-order valence-electron chi connectivity index (χ3n) is 5.34. The van der Waals surface area contributed by atoms with Crippen LogP contribution in [0.5, 0.6) is 5.75 Å². The number of rotatable bonds is 10. The zero-order valence-electron chi connectivity index (χ0n) is 19.2. The maximum Gasteiger partial charge on any atom is 0.329 e. The Morgan fingerprint density at radius 1 is 1.09 bits per heavy atom. The molecule has 0 radical (unpaired) electrons. The van der Waals surface area contributed by atoms with Crippen molar-refractivity contribution in [3.05, 3.63) is 59.7 Å². The number of carbonyl (C=O) groups excluding carboxylic acids is 1. The van der Waals surface area contributed by atoms with Gasteiger partial charge in [0.2, 0.25) is 0 Å². The fourth-order valence-electron chi connectivity index (χ4n) is 3.44. The Morgan fingerprint density at radius 2 is 1.79 bits per heavy atom. The smallest absolute Gasteiger partial charge is 0.329 e. The Labute approximate surface area is 196 Å². The topological polar surface area (TPSA) is 104 Å². The van der Waals surface area contributed by atoms with Crippen LogP contribution in [0.3, 0.4) is 0 Å². The second-order valence-corrected chi connectivity index (χ2v) is 16.7. The first-order valence-electron chi connectivity index (χ1n) is 10.8. The monoisotopic (exact) mass is 490 g/mol. The highest BCUT2D eigenvalue weighted by Crippen LogP contribution is 2.36. The molecule has 33 heavy (non-hydrogen) atoms. The minimum atomic E-state index is -4.03. The van der Waals surface area contributed by atoms with Gasteiger partial charge in [0, 0.05) is 21.0 Å². The molecule has 1 fully saturated rings. The van der Waals surface area contributed by atoms with Crippen LogP contribution in [0.2, 0.25) is 25.7 Å². The molecule has 1 aliphatic heterocycles. The minimum absolute atomic E-state index is 0.0531. The van der Waals surface area contributed by atoms with Crippen LogP contribution in [0.15, 0.2) is 48.5 Å². The van der Waals surface area contributed by atoms with Crippen molar-refractivity contribution >= 4 is 35.8 Å². The van der Waals surface area contributed by atoms with Crippen LogP contribution in [-0.2, 0) is 32.8 Å². The molecule has 1 aliphatic rings. The molecule has 1 amide bonds. The summed E-state index contributed by atoms with van der Waals surface area (Å²) in [5, 5.41) is 9.00. The van der Waals surface area contributed by atoms with Crippen molar-refractivity contribution in [1.82, 2.24) is 4.31 Å². The standard InChI is InChI=1S/C23H30N2O6SSi/c1-33(2,3)14-13-24-22(26)16-25(32(24,29)30)20-11-9-18(10-12-23(27)28)15-21(20)31-17-19-7-5-4-6-8-19/h4-9,11,15H,10,12-14,16-17H2,1-3H3,(H,27,28). The summed E-state index contributed by atoms with van der Waals surface area (Å²) < 4.78 is 34.6. The molecule has 0 saturated carbocycles. The summed E-state index contributed by atoms with van der Waals surface area (Å²) >= 11 is 0. The lowest BCUT2D eigenvalue weighted by Crippen LogP contribution is -2.37. The largest absolute Gasteiger partial charge is 0.487 e. The lowest BCUT2D eigenvalue weighted by molar-refractivity contribution is -0.137. The van der Waals surface area contributed by atoms with E-state index in [1.165, 1.54) is 0 Å². The second-order valence-electron chi connectivity index (χ2n) is 9.26. The summed E-state index contributed by atoms with van der Waals surface area (Å²) in [5.41, 5.74) is 1.88. The van der Waals surface area contributed by atoms with Crippen molar-refractivity contribution in [3.8, 4) is 5.75 Å². The van der Waals surface area contributed by atoms with Crippen molar-refractivity contribution in [3.63, 3.8) is 0 Å². The maximum absolute atomic E-state index is 13.3. The van der Waals surface area contributed by atoms with E-state index in [1.807, 2.05) is 30.3 Å². The number of benzene rings is 2. The number of ether oxygens (including phenoxy) is 1. The summed E-state index contributed by atoms with van der Waals surface area (Å²) in [6, 6.07) is 15.0. The number of anilines is 1. The minimum Gasteiger partial charge on any atom is -0.487 e. The number of carbonyl (C=O) groups is 2. The van der Waals surface area contributed by atoms with E-state index in [4.69, 9.17) is 9.84 Å². The lowest BCUT2D eigenvalue weighted by atomic mass is 10.1. The molecule has 0 atom stereocenters. The zero-order valence-corrected chi connectivity index (χ0v) is 21.0. The lowest BCUT2D eigenvalue weighted by Gasteiger charge is -2.24. The van der Waals surface area contributed by atoms with E-state index in [9.17, 15) is 18.0 Å². The van der Waals surface area contributed by atoms with Crippen molar-refractivity contribution in [1.29, 1.82) is 0 Å². The molecule has 2 aromatic rings. The summed E-state index contributed by atoms with van der Waals surface area (Å²) in [4.78, 5) is 23.6. The van der Waals surface area contributed by atoms with E-state index in [0.29, 0.717) is 17.4 Å². The molecule has 3 rings (SSSR count). The van der Waals surface area contributed by atoms with Gasteiger partial charge in [-0.15, -0.1) is 0 Å². The number of carboxylic acids is 1. The van der Waals surface area contributed by atoms with Gasteiger partial charge in [0.15, 0.2) is 0 Å². The van der Waals surface area contributed by atoms with Gasteiger partial charge >= 0.3 is 16.2 Å². The van der Waals surface area contributed by atoms with Gasteiger partial charge in [-0.25, -0.2) is 8.61 Å². The molecule has 0 spiro atoms. The van der Waals surface area contributed by atoms with Crippen LogP contribution < -0.4 is 9.04 Å². The number of aliphatic carboxylic acids is 1. The van der Waals surface area contributed by atoms with E-state index in [1.54, 1.807) is 18.2 Å². The predicted octanol–water partition coefficient (Wildman–Crippen LogP) is 3.51. The average Bonchev–Trinajstić information content (AvgIpc) is 2.97. The Balaban J connectivity index is 1.91. The molecule has 8 nitrogen and oxygen atoms in total. The fraction of sp³-hybridized carbons (Fsp3) is 0.391. The van der Waals surface area contributed by atoms with E-state index >= 15 is 0 Å². The van der Waals surface area contributed by atoms with Gasteiger partial charge in [-0.3, -0.25) is 9.59 Å². The van der Waals surface area contributed by atoms with Gasteiger partial charge < -0.3 is 9.84 Å². The first kappa shape index (κ1) is 24.8. The predicted molar refractivity (Wildman–Crippen MR) is 129 cm³/mol. The number of amides is 1. The van der Waals surface area contributed by atoms with Crippen molar-refractivity contribution in [2.75, 3.05) is 17.4 Å². The SMILES string of the molecule is C[Si](C)(C)CCN1C(=O)CN(c2ccc(CCC(=O)O)cc2OCc2ccccc2)S1(=O)=O. The molecular weight excluding hydrogens is 460 g/mol. The summed E-state index contributed by atoms with van der Waals surface area (Å²) in [6.07, 6.45) is 0.230. The Hall–Kier alpha value is -2.85. The number of carboxylic acid groups (broad SMARTS) is 1. The van der Waals surface area contributed by atoms with E-state index in [2.05, 4.69) is 19.6 Å². The van der Waals surface area contributed by atoms with Crippen LogP contribution in [-0.4, -0.2) is 50.9 Å². The summed E-state index contributed by atoms with van der Waals surface area (Å²) in [6.45, 7) is 6.47. The van der Waals surface area contributed by atoms with E-state index < -0.39 is 30.2 Å². The molecule has 1 saturated heterocycles. The third kappa shape index (κ3) is 6.35. The van der Waals surface area contributed by atoms with Crippen molar-refractivity contribution < 1.29 is 27.9 Å². The van der Waals surface area contributed by atoms with Gasteiger partial charge in [-0.05, 0) is 35.7 Å². The number of hydrogen-bond acceptors (Lipinski definition) is 5. The molecule has 178 valence electrons. The van der Waals surface area contributed by atoms with Crippen LogP contribution >= 0.6 is 0 Å². The van der Waals surface area contributed by atoms with Gasteiger partial charge in [0.05, 0.1) is 5.69 Å². The summed E-state index contributed by atoms with van der Waals surface area (Å²) in [5.74, 6) is -1.08. The highest BCUT2D eigenvalue weighted by Gasteiger charge is 2.43. The normalized spacial score (nSPS) is 15.7. The quantitative estimate of drug-likeness (QED) is 0.511. The Bertz CT molecular complexity index is 1120. The van der Waals surface area contributed by atoms with Crippen LogP contribution in [0, 0.1) is 0 Å². The maximum atomic E-state index is 13.3. The van der Waals surface area contributed by atoms with Gasteiger partial charge in [0.1, 0.15) is 18.9 Å². The molecule has 10 heteroatoms. The van der Waals surface area contributed by atoms with Crippen LogP contribution in [0.25, 0.3) is 0 Å². The Morgan fingerprint density at radius 3 is 2.42 bits per heavy atom. The molecule has 0 aromatic heterocycles. The van der Waals surface area contributed by atoms with E-state index in [-0.39, 0.29) is 38.2 Å². The number of aryl methyl sites for hydroxylation is 1. The van der Waals surface area contributed by atoms with Gasteiger partial charge in [-0.2, -0.15) is 8.42 Å². The highest BCUT2D eigenvalue weighted by atomic mass is 32.2. The molecule has 0 unspecified atom stereocenters.